The van der Waals surface area contributed by atoms with Crippen LogP contribution in [0.1, 0.15) is 38.0 Å². The van der Waals surface area contributed by atoms with E-state index in [2.05, 4.69) is 13.0 Å². The minimum absolute atomic E-state index is 0.109. The highest BCUT2D eigenvalue weighted by atomic mass is 32.1. The summed E-state index contributed by atoms with van der Waals surface area (Å²) in [4.78, 5) is 17.8. The van der Waals surface area contributed by atoms with Crippen LogP contribution in [0, 0.1) is 13.8 Å². The standard InChI is InChI=1S/C14H17NOS2/c1-9-8-12(11(3)18-9)14(16)15(4)10(2)13-6-5-7-17-13/h5-8,10H,1-4H3. The predicted octanol–water partition coefficient (Wildman–Crippen LogP) is 4.26. The Kier molecular flexibility index (Phi) is 3.88. The van der Waals surface area contributed by atoms with Gasteiger partial charge in [-0.1, -0.05) is 6.07 Å². The Morgan fingerprint density at radius 1 is 1.39 bits per heavy atom. The van der Waals surface area contributed by atoms with Crippen molar-refractivity contribution in [2.24, 2.45) is 0 Å². The molecule has 0 aliphatic rings. The van der Waals surface area contributed by atoms with Crippen LogP contribution in [0.25, 0.3) is 0 Å². The molecule has 4 heteroatoms. The van der Waals surface area contributed by atoms with Crippen molar-refractivity contribution in [2.45, 2.75) is 26.8 Å². The van der Waals surface area contributed by atoms with Crippen LogP contribution in [0.2, 0.25) is 0 Å². The normalized spacial score (nSPS) is 12.4. The highest BCUT2D eigenvalue weighted by Gasteiger charge is 2.21. The van der Waals surface area contributed by atoms with Gasteiger partial charge in [0.05, 0.1) is 11.6 Å². The zero-order valence-corrected chi connectivity index (χ0v) is 12.7. The van der Waals surface area contributed by atoms with Crippen molar-refractivity contribution >= 4 is 28.6 Å². The number of thiophene rings is 2. The zero-order valence-electron chi connectivity index (χ0n) is 11.1. The highest BCUT2D eigenvalue weighted by Crippen LogP contribution is 2.27. The fraction of sp³-hybridized carbons (Fsp3) is 0.357. The molecule has 0 bridgehead atoms. The molecule has 0 aromatic carbocycles. The van der Waals surface area contributed by atoms with E-state index in [1.807, 2.05) is 43.3 Å². The summed E-state index contributed by atoms with van der Waals surface area (Å²) in [6.45, 7) is 6.12. The summed E-state index contributed by atoms with van der Waals surface area (Å²) in [6.07, 6.45) is 0. The van der Waals surface area contributed by atoms with Crippen LogP contribution in [-0.2, 0) is 0 Å². The number of carbonyl (C=O) groups excluding carboxylic acids is 1. The topological polar surface area (TPSA) is 20.3 Å². The minimum Gasteiger partial charge on any atom is -0.334 e. The van der Waals surface area contributed by atoms with Gasteiger partial charge in [-0.25, -0.2) is 0 Å². The van der Waals surface area contributed by atoms with Gasteiger partial charge in [0, 0.05) is 21.7 Å². The zero-order chi connectivity index (χ0) is 13.3. The molecule has 96 valence electrons. The molecule has 0 aliphatic carbocycles. The quantitative estimate of drug-likeness (QED) is 0.822. The van der Waals surface area contributed by atoms with Gasteiger partial charge in [-0.15, -0.1) is 22.7 Å². The Morgan fingerprint density at radius 3 is 2.61 bits per heavy atom. The fourth-order valence-corrected chi connectivity index (χ4v) is 3.67. The maximum absolute atomic E-state index is 12.5. The van der Waals surface area contributed by atoms with Crippen LogP contribution in [0.4, 0.5) is 0 Å². The molecule has 0 fully saturated rings. The molecule has 2 aromatic rings. The minimum atomic E-state index is 0.109. The lowest BCUT2D eigenvalue weighted by molar-refractivity contribution is 0.0745. The van der Waals surface area contributed by atoms with Gasteiger partial charge < -0.3 is 4.90 Å². The third-order valence-corrected chi connectivity index (χ3v) is 5.14. The summed E-state index contributed by atoms with van der Waals surface area (Å²) in [5.74, 6) is 0.109. The smallest absolute Gasteiger partial charge is 0.255 e. The fourth-order valence-electron chi connectivity index (χ4n) is 1.93. The number of aryl methyl sites for hydroxylation is 2. The van der Waals surface area contributed by atoms with Gasteiger partial charge in [0.1, 0.15) is 0 Å². The van der Waals surface area contributed by atoms with Crippen molar-refractivity contribution in [3.05, 3.63) is 43.8 Å². The average Bonchev–Trinajstić information content (AvgIpc) is 2.96. The molecule has 2 rings (SSSR count). The first-order valence-corrected chi connectivity index (χ1v) is 7.58. The molecule has 2 heterocycles. The molecule has 0 saturated heterocycles. The monoisotopic (exact) mass is 279 g/mol. The van der Waals surface area contributed by atoms with Crippen LogP contribution in [0.3, 0.4) is 0 Å². The molecule has 0 radical (unpaired) electrons. The molecule has 0 N–H and O–H groups in total. The van der Waals surface area contributed by atoms with Gasteiger partial charge >= 0.3 is 0 Å². The lowest BCUT2D eigenvalue weighted by atomic mass is 10.2. The van der Waals surface area contributed by atoms with Crippen LogP contribution < -0.4 is 0 Å². The van der Waals surface area contributed by atoms with E-state index in [-0.39, 0.29) is 11.9 Å². The molecule has 1 unspecified atom stereocenters. The molecule has 0 aliphatic heterocycles. The number of nitrogens with zero attached hydrogens (tertiary/aromatic N) is 1. The molecule has 2 aromatic heterocycles. The lowest BCUT2D eigenvalue weighted by Crippen LogP contribution is -2.29. The molecule has 2 nitrogen and oxygen atoms in total. The summed E-state index contributed by atoms with van der Waals surface area (Å²) in [5.41, 5.74) is 0.836. The Bertz CT molecular complexity index is 542. The van der Waals surface area contributed by atoms with Crippen molar-refractivity contribution in [2.75, 3.05) is 7.05 Å². The van der Waals surface area contributed by atoms with Crippen molar-refractivity contribution in [1.29, 1.82) is 0 Å². The number of amides is 1. The molecule has 18 heavy (non-hydrogen) atoms. The van der Waals surface area contributed by atoms with Gasteiger partial charge in [-0.05, 0) is 38.3 Å². The van der Waals surface area contributed by atoms with E-state index in [0.717, 1.165) is 10.4 Å². The second-order valence-electron chi connectivity index (χ2n) is 4.43. The summed E-state index contributed by atoms with van der Waals surface area (Å²) >= 11 is 3.37. The second-order valence-corrected chi connectivity index (χ2v) is 6.87. The van der Waals surface area contributed by atoms with Crippen molar-refractivity contribution < 1.29 is 4.79 Å². The largest absolute Gasteiger partial charge is 0.334 e. The van der Waals surface area contributed by atoms with E-state index in [9.17, 15) is 4.79 Å². The van der Waals surface area contributed by atoms with E-state index in [0.29, 0.717) is 0 Å². The Balaban J connectivity index is 2.21. The molecular formula is C14H17NOS2. The van der Waals surface area contributed by atoms with Gasteiger partial charge in [-0.3, -0.25) is 4.79 Å². The van der Waals surface area contributed by atoms with Crippen LogP contribution in [0.15, 0.2) is 23.6 Å². The van der Waals surface area contributed by atoms with Crippen molar-refractivity contribution in [3.8, 4) is 0 Å². The van der Waals surface area contributed by atoms with E-state index >= 15 is 0 Å². The molecule has 1 atom stereocenters. The predicted molar refractivity (Wildman–Crippen MR) is 78.6 cm³/mol. The maximum atomic E-state index is 12.5. The van der Waals surface area contributed by atoms with E-state index in [1.54, 1.807) is 22.7 Å². The SMILES string of the molecule is Cc1cc(C(=O)N(C)C(C)c2cccs2)c(C)s1. The summed E-state index contributed by atoms with van der Waals surface area (Å²) in [6, 6.07) is 6.21. The van der Waals surface area contributed by atoms with Crippen LogP contribution in [-0.4, -0.2) is 17.9 Å². The van der Waals surface area contributed by atoms with Gasteiger partial charge in [0.2, 0.25) is 0 Å². The summed E-state index contributed by atoms with van der Waals surface area (Å²) in [5, 5.41) is 2.05. The Morgan fingerprint density at radius 2 is 2.11 bits per heavy atom. The van der Waals surface area contributed by atoms with Gasteiger partial charge in [0.25, 0.3) is 5.91 Å². The first-order valence-electron chi connectivity index (χ1n) is 5.88. The number of carbonyl (C=O) groups is 1. The highest BCUT2D eigenvalue weighted by molar-refractivity contribution is 7.12. The average molecular weight is 279 g/mol. The second kappa shape index (κ2) is 5.24. The first kappa shape index (κ1) is 13.3. The third-order valence-electron chi connectivity index (χ3n) is 3.13. The first-order chi connectivity index (χ1) is 8.50. The Labute approximate surface area is 116 Å². The molecule has 0 saturated carbocycles. The van der Waals surface area contributed by atoms with E-state index < -0.39 is 0 Å². The van der Waals surface area contributed by atoms with E-state index in [1.165, 1.54) is 9.75 Å². The van der Waals surface area contributed by atoms with Crippen molar-refractivity contribution in [3.63, 3.8) is 0 Å². The summed E-state index contributed by atoms with van der Waals surface area (Å²) < 4.78 is 0. The van der Waals surface area contributed by atoms with Crippen molar-refractivity contribution in [1.82, 2.24) is 4.90 Å². The molecular weight excluding hydrogens is 262 g/mol. The number of hydrogen-bond donors (Lipinski definition) is 0. The Hall–Kier alpha value is -1.13. The lowest BCUT2D eigenvalue weighted by Gasteiger charge is -2.24. The van der Waals surface area contributed by atoms with Gasteiger partial charge in [-0.2, -0.15) is 0 Å². The van der Waals surface area contributed by atoms with Crippen LogP contribution >= 0.6 is 22.7 Å². The molecule has 0 spiro atoms. The van der Waals surface area contributed by atoms with Gasteiger partial charge in [0.15, 0.2) is 0 Å². The summed E-state index contributed by atoms with van der Waals surface area (Å²) in [7, 11) is 1.87. The van der Waals surface area contributed by atoms with Crippen LogP contribution in [0.5, 0.6) is 0 Å². The third kappa shape index (κ3) is 2.49. The molecule has 1 amide bonds. The number of hydrogen-bond acceptors (Lipinski definition) is 3. The number of rotatable bonds is 3. The maximum Gasteiger partial charge on any atom is 0.255 e. The van der Waals surface area contributed by atoms with E-state index in [4.69, 9.17) is 0 Å².